The molecular formula is C22H25N3O3. The number of anilines is 1. The zero-order chi connectivity index (χ0) is 19.7. The second kappa shape index (κ2) is 7.28. The normalized spacial score (nSPS) is 14.0. The molecule has 0 unspecified atom stereocenters. The lowest BCUT2D eigenvalue weighted by atomic mass is 9.92. The third-order valence-corrected chi connectivity index (χ3v) is 4.91. The molecule has 1 aromatic carbocycles. The number of rotatable bonds is 4. The average Bonchev–Trinajstić information content (AvgIpc) is 3.27. The van der Waals surface area contributed by atoms with Gasteiger partial charge in [-0.1, -0.05) is 51.1 Å². The molecule has 0 fully saturated rings. The van der Waals surface area contributed by atoms with Crippen LogP contribution in [0.2, 0.25) is 0 Å². The number of carbonyl (C=O) groups is 1. The summed E-state index contributed by atoms with van der Waals surface area (Å²) in [6.07, 6.45) is 2.30. The van der Waals surface area contributed by atoms with E-state index in [0.29, 0.717) is 37.8 Å². The number of fused-ring (bicyclic) bond motifs is 1. The number of carbonyl (C=O) groups excluding carboxylic acids is 1. The quantitative estimate of drug-likeness (QED) is 0.739. The Morgan fingerprint density at radius 2 is 2.04 bits per heavy atom. The predicted molar refractivity (Wildman–Crippen MR) is 106 cm³/mol. The Kier molecular flexibility index (Phi) is 4.81. The molecule has 3 aromatic rings. The first-order valence-corrected chi connectivity index (χ1v) is 9.52. The topological polar surface area (TPSA) is 69.3 Å². The molecule has 1 N–H and O–H groups in total. The minimum Gasteiger partial charge on any atom is -0.458 e. The summed E-state index contributed by atoms with van der Waals surface area (Å²) in [6, 6.07) is 12.0. The first kappa shape index (κ1) is 18.5. The van der Waals surface area contributed by atoms with E-state index in [1.165, 1.54) is 0 Å². The Labute approximate surface area is 164 Å². The molecule has 4 rings (SSSR count). The van der Waals surface area contributed by atoms with Gasteiger partial charge in [0.1, 0.15) is 5.82 Å². The maximum absolute atomic E-state index is 12.9. The van der Waals surface area contributed by atoms with Crippen LogP contribution in [0.15, 0.2) is 47.1 Å². The van der Waals surface area contributed by atoms with E-state index in [1.807, 2.05) is 41.1 Å². The van der Waals surface area contributed by atoms with E-state index in [4.69, 9.17) is 14.3 Å². The highest BCUT2D eigenvalue weighted by molar-refractivity contribution is 6.03. The van der Waals surface area contributed by atoms with E-state index in [-0.39, 0.29) is 11.3 Å². The van der Waals surface area contributed by atoms with Gasteiger partial charge in [0, 0.05) is 29.0 Å². The van der Waals surface area contributed by atoms with Crippen molar-refractivity contribution in [2.24, 2.45) is 0 Å². The van der Waals surface area contributed by atoms with Gasteiger partial charge in [-0.2, -0.15) is 5.10 Å². The summed E-state index contributed by atoms with van der Waals surface area (Å²) >= 11 is 0. The first-order valence-electron chi connectivity index (χ1n) is 9.52. The lowest BCUT2D eigenvalue weighted by Gasteiger charge is -2.14. The molecule has 1 amide bonds. The van der Waals surface area contributed by atoms with Crippen molar-refractivity contribution in [3.63, 3.8) is 0 Å². The summed E-state index contributed by atoms with van der Waals surface area (Å²) in [6.45, 7) is 8.00. The van der Waals surface area contributed by atoms with Gasteiger partial charge in [-0.05, 0) is 5.56 Å². The van der Waals surface area contributed by atoms with E-state index >= 15 is 0 Å². The van der Waals surface area contributed by atoms with Gasteiger partial charge in [-0.15, -0.1) is 0 Å². The van der Waals surface area contributed by atoms with Crippen LogP contribution in [0.5, 0.6) is 0 Å². The molecule has 0 bridgehead atoms. The Bertz CT molecular complexity index is 980. The minimum atomic E-state index is -0.252. The summed E-state index contributed by atoms with van der Waals surface area (Å²) < 4.78 is 12.8. The number of nitrogens with zero attached hydrogens (tertiary/aromatic N) is 2. The molecule has 6 heteroatoms. The molecule has 1 aliphatic rings. The lowest BCUT2D eigenvalue weighted by molar-refractivity contribution is 0.0987. The molecule has 0 saturated heterocycles. The van der Waals surface area contributed by atoms with Crippen LogP contribution in [0.25, 0.3) is 0 Å². The Balaban J connectivity index is 1.63. The standard InChI is InChI=1S/C22H25N3O3/c1-22(2,3)18-11-19(25(24-18)12-15-7-5-4-6-8-15)23-21(26)20-17-9-10-27-13-16(17)14-28-20/h4-8,11,14H,9-10,12-13H2,1-3H3,(H,23,26). The van der Waals surface area contributed by atoms with Crippen molar-refractivity contribution in [3.05, 3.63) is 70.8 Å². The van der Waals surface area contributed by atoms with Crippen molar-refractivity contribution in [1.29, 1.82) is 0 Å². The van der Waals surface area contributed by atoms with E-state index < -0.39 is 0 Å². The second-order valence-electron chi connectivity index (χ2n) is 8.13. The van der Waals surface area contributed by atoms with Gasteiger partial charge in [0.2, 0.25) is 0 Å². The van der Waals surface area contributed by atoms with Crippen molar-refractivity contribution >= 4 is 11.7 Å². The maximum atomic E-state index is 12.9. The third-order valence-electron chi connectivity index (χ3n) is 4.91. The molecule has 28 heavy (non-hydrogen) atoms. The predicted octanol–water partition coefficient (Wildman–Crippen LogP) is 4.15. The zero-order valence-electron chi connectivity index (χ0n) is 16.5. The van der Waals surface area contributed by atoms with E-state index in [9.17, 15) is 4.79 Å². The summed E-state index contributed by atoms with van der Waals surface area (Å²) in [4.78, 5) is 12.9. The smallest absolute Gasteiger partial charge is 0.292 e. The van der Waals surface area contributed by atoms with E-state index in [2.05, 4.69) is 26.1 Å². The molecule has 0 saturated carbocycles. The number of furan rings is 1. The summed E-state index contributed by atoms with van der Waals surface area (Å²) in [5.74, 6) is 0.775. The molecule has 6 nitrogen and oxygen atoms in total. The van der Waals surface area contributed by atoms with Gasteiger partial charge < -0.3 is 14.5 Å². The average molecular weight is 379 g/mol. The van der Waals surface area contributed by atoms with E-state index in [1.54, 1.807) is 6.26 Å². The van der Waals surface area contributed by atoms with Crippen molar-refractivity contribution < 1.29 is 13.9 Å². The second-order valence-corrected chi connectivity index (χ2v) is 8.13. The van der Waals surface area contributed by atoms with Crippen LogP contribution in [0.3, 0.4) is 0 Å². The molecular weight excluding hydrogens is 354 g/mol. The van der Waals surface area contributed by atoms with Gasteiger partial charge >= 0.3 is 0 Å². The fourth-order valence-corrected chi connectivity index (χ4v) is 3.29. The number of hydrogen-bond acceptors (Lipinski definition) is 4. The molecule has 0 aliphatic carbocycles. The summed E-state index contributed by atoms with van der Waals surface area (Å²) in [5, 5.41) is 7.75. The summed E-state index contributed by atoms with van der Waals surface area (Å²) in [7, 11) is 0. The summed E-state index contributed by atoms with van der Waals surface area (Å²) in [5.41, 5.74) is 3.81. The van der Waals surface area contributed by atoms with Gasteiger partial charge in [0.15, 0.2) is 5.76 Å². The molecule has 0 spiro atoms. The zero-order valence-corrected chi connectivity index (χ0v) is 16.5. The first-order chi connectivity index (χ1) is 13.4. The van der Waals surface area contributed by atoms with Crippen molar-refractivity contribution in [3.8, 4) is 0 Å². The van der Waals surface area contributed by atoms with Crippen LogP contribution in [0.1, 0.15) is 53.7 Å². The molecule has 0 atom stereocenters. The Morgan fingerprint density at radius 1 is 1.25 bits per heavy atom. The van der Waals surface area contributed by atoms with Crippen LogP contribution in [-0.4, -0.2) is 22.3 Å². The van der Waals surface area contributed by atoms with Crippen molar-refractivity contribution in [1.82, 2.24) is 9.78 Å². The molecule has 1 aliphatic heterocycles. The maximum Gasteiger partial charge on any atom is 0.292 e. The number of ether oxygens (including phenoxy) is 1. The highest BCUT2D eigenvalue weighted by Gasteiger charge is 2.25. The van der Waals surface area contributed by atoms with Crippen LogP contribution < -0.4 is 5.32 Å². The lowest BCUT2D eigenvalue weighted by Crippen LogP contribution is -2.18. The minimum absolute atomic E-state index is 0.122. The van der Waals surface area contributed by atoms with Crippen LogP contribution in [-0.2, 0) is 29.7 Å². The Hall–Kier alpha value is -2.86. The number of amides is 1. The van der Waals surface area contributed by atoms with Gasteiger partial charge in [-0.3, -0.25) is 4.79 Å². The number of nitrogens with one attached hydrogen (secondary N) is 1. The molecule has 2 aromatic heterocycles. The highest BCUT2D eigenvalue weighted by Crippen LogP contribution is 2.27. The number of aromatic nitrogens is 2. The van der Waals surface area contributed by atoms with Gasteiger partial charge in [0.25, 0.3) is 5.91 Å². The third kappa shape index (κ3) is 3.73. The number of benzene rings is 1. The fraction of sp³-hybridized carbons (Fsp3) is 0.364. The van der Waals surface area contributed by atoms with E-state index in [0.717, 1.165) is 22.4 Å². The molecule has 3 heterocycles. The van der Waals surface area contributed by atoms with Gasteiger partial charge in [0.05, 0.1) is 31.7 Å². The largest absolute Gasteiger partial charge is 0.458 e. The Morgan fingerprint density at radius 3 is 2.79 bits per heavy atom. The monoisotopic (exact) mass is 379 g/mol. The highest BCUT2D eigenvalue weighted by atomic mass is 16.5. The van der Waals surface area contributed by atoms with Crippen LogP contribution in [0.4, 0.5) is 5.82 Å². The van der Waals surface area contributed by atoms with Crippen LogP contribution in [0, 0.1) is 0 Å². The fourth-order valence-electron chi connectivity index (χ4n) is 3.29. The SMILES string of the molecule is CC(C)(C)c1cc(NC(=O)c2occ3c2CCOC3)n(Cc2ccccc2)n1. The molecule has 0 radical (unpaired) electrons. The van der Waals surface area contributed by atoms with Crippen LogP contribution >= 0.6 is 0 Å². The molecule has 146 valence electrons. The van der Waals surface area contributed by atoms with Gasteiger partial charge in [-0.25, -0.2) is 4.68 Å². The van der Waals surface area contributed by atoms with Crippen molar-refractivity contribution in [2.75, 3.05) is 11.9 Å². The number of hydrogen-bond donors (Lipinski definition) is 1. The van der Waals surface area contributed by atoms with Crippen molar-refractivity contribution in [2.45, 2.75) is 45.8 Å².